The predicted molar refractivity (Wildman–Crippen MR) is 162 cm³/mol. The lowest BCUT2D eigenvalue weighted by Crippen LogP contribution is -2.19. The van der Waals surface area contributed by atoms with Crippen LogP contribution in [-0.4, -0.2) is 23.1 Å². The van der Waals surface area contributed by atoms with E-state index in [0.717, 1.165) is 14.5 Å². The van der Waals surface area contributed by atoms with Gasteiger partial charge in [0.25, 0.3) is 5.91 Å². The quantitative estimate of drug-likeness (QED) is 0.0812. The first-order valence-corrected chi connectivity index (χ1v) is 13.8. The zero-order valence-electron chi connectivity index (χ0n) is 19.8. The molecule has 6 nitrogen and oxygen atoms in total. The molecule has 0 saturated heterocycles. The summed E-state index contributed by atoms with van der Waals surface area (Å²) in [6.45, 7) is 0. The molecule has 0 aliphatic carbocycles. The number of benzene rings is 4. The highest BCUT2D eigenvalue weighted by molar-refractivity contribution is 9.10. The van der Waals surface area contributed by atoms with Crippen molar-refractivity contribution in [3.05, 3.63) is 121 Å². The number of H-pyrrole nitrogens is 1. The second-order valence-electron chi connectivity index (χ2n) is 8.33. The molecule has 0 unspecified atom stereocenters. The van der Waals surface area contributed by atoms with Gasteiger partial charge in [0.2, 0.25) is 0 Å². The number of nitrogens with one attached hydrogen (secondary N) is 2. The molecule has 0 bridgehead atoms. The summed E-state index contributed by atoms with van der Waals surface area (Å²) in [5.41, 5.74) is 5.74. The molecule has 0 aliphatic heterocycles. The summed E-state index contributed by atoms with van der Waals surface area (Å²) in [7, 11) is 0. The number of carbonyl (C=O) groups excluding carboxylic acids is 2. The van der Waals surface area contributed by atoms with Gasteiger partial charge in [0, 0.05) is 30.5 Å². The number of fused-ring (bicyclic) bond motifs is 1. The molecule has 1 aromatic heterocycles. The smallest absolute Gasteiger partial charge is 0.343 e. The topological polar surface area (TPSA) is 83.5 Å². The lowest BCUT2D eigenvalue weighted by atomic mass is 10.0. The van der Waals surface area contributed by atoms with Crippen molar-refractivity contribution >= 4 is 84.1 Å². The molecule has 0 fully saturated rings. The Morgan fingerprint density at radius 1 is 0.897 bits per heavy atom. The van der Waals surface area contributed by atoms with E-state index in [-0.39, 0.29) is 11.4 Å². The van der Waals surface area contributed by atoms with Crippen LogP contribution < -0.4 is 10.2 Å². The fraction of sp³-hybridized carbons (Fsp3) is 0. The van der Waals surface area contributed by atoms with Gasteiger partial charge in [-0.2, -0.15) is 5.10 Å². The SMILES string of the molecule is O=C(Oc1ccc(Br)cc1C=NNC(=O)c1[nH]c2c(Cl)cc(Cl)cc2c1-c1ccccc1)c1ccc(Br)cc1. The van der Waals surface area contributed by atoms with Crippen molar-refractivity contribution in [2.75, 3.05) is 0 Å². The van der Waals surface area contributed by atoms with Crippen LogP contribution in [0, 0.1) is 0 Å². The maximum absolute atomic E-state index is 13.3. The van der Waals surface area contributed by atoms with E-state index in [9.17, 15) is 9.59 Å². The summed E-state index contributed by atoms with van der Waals surface area (Å²) >= 11 is 19.5. The molecule has 5 rings (SSSR count). The van der Waals surface area contributed by atoms with Gasteiger partial charge in [-0.15, -0.1) is 0 Å². The number of esters is 1. The fourth-order valence-electron chi connectivity index (χ4n) is 3.97. The molecule has 0 saturated carbocycles. The van der Waals surface area contributed by atoms with Crippen LogP contribution in [0.1, 0.15) is 26.4 Å². The number of aromatic amines is 1. The van der Waals surface area contributed by atoms with Crippen LogP contribution in [0.5, 0.6) is 5.75 Å². The minimum atomic E-state index is -0.523. The lowest BCUT2D eigenvalue weighted by Gasteiger charge is -2.08. The molecule has 0 radical (unpaired) electrons. The van der Waals surface area contributed by atoms with E-state index in [1.54, 1.807) is 54.6 Å². The van der Waals surface area contributed by atoms with Gasteiger partial charge >= 0.3 is 5.97 Å². The van der Waals surface area contributed by atoms with Crippen molar-refractivity contribution in [3.63, 3.8) is 0 Å². The summed E-state index contributed by atoms with van der Waals surface area (Å²) in [5, 5.41) is 5.69. The molecule has 1 amide bonds. The maximum Gasteiger partial charge on any atom is 0.343 e. The van der Waals surface area contributed by atoms with Crippen LogP contribution in [-0.2, 0) is 0 Å². The molecular formula is C29H17Br2Cl2N3O3. The number of ether oxygens (including phenoxy) is 1. The Labute approximate surface area is 250 Å². The summed E-state index contributed by atoms with van der Waals surface area (Å²) in [6, 6.07) is 24.7. The molecule has 194 valence electrons. The Morgan fingerprint density at radius 2 is 1.62 bits per heavy atom. The van der Waals surface area contributed by atoms with Gasteiger partial charge in [-0.1, -0.05) is 85.4 Å². The first kappa shape index (κ1) is 27.1. The molecule has 39 heavy (non-hydrogen) atoms. The number of nitrogens with zero attached hydrogens (tertiary/aromatic N) is 1. The zero-order valence-corrected chi connectivity index (χ0v) is 24.5. The third-order valence-corrected chi connectivity index (χ3v) is 7.28. The number of hydrazone groups is 1. The lowest BCUT2D eigenvalue weighted by molar-refractivity contribution is 0.0734. The van der Waals surface area contributed by atoms with E-state index >= 15 is 0 Å². The number of hydrogen-bond donors (Lipinski definition) is 2. The van der Waals surface area contributed by atoms with Gasteiger partial charge in [0.1, 0.15) is 11.4 Å². The van der Waals surface area contributed by atoms with Gasteiger partial charge < -0.3 is 9.72 Å². The van der Waals surface area contributed by atoms with Crippen LogP contribution in [0.2, 0.25) is 10.0 Å². The Morgan fingerprint density at radius 3 is 2.36 bits per heavy atom. The van der Waals surface area contributed by atoms with E-state index in [0.29, 0.717) is 37.6 Å². The number of rotatable bonds is 6. The molecule has 2 N–H and O–H groups in total. The molecule has 0 spiro atoms. The highest BCUT2D eigenvalue weighted by atomic mass is 79.9. The zero-order chi connectivity index (χ0) is 27.5. The maximum atomic E-state index is 13.3. The van der Waals surface area contributed by atoms with Crippen molar-refractivity contribution in [2.24, 2.45) is 5.10 Å². The summed E-state index contributed by atoms with van der Waals surface area (Å²) < 4.78 is 7.19. The first-order chi connectivity index (χ1) is 18.8. The monoisotopic (exact) mass is 683 g/mol. The molecular weight excluding hydrogens is 669 g/mol. The van der Waals surface area contributed by atoms with Crippen LogP contribution in [0.3, 0.4) is 0 Å². The average molecular weight is 686 g/mol. The van der Waals surface area contributed by atoms with E-state index in [1.807, 2.05) is 30.3 Å². The Hall–Kier alpha value is -3.43. The summed E-state index contributed by atoms with van der Waals surface area (Å²) in [5.74, 6) is -0.734. The van der Waals surface area contributed by atoms with Crippen LogP contribution in [0.25, 0.3) is 22.0 Å². The van der Waals surface area contributed by atoms with Crippen molar-refractivity contribution in [3.8, 4) is 16.9 Å². The Bertz CT molecular complexity index is 1740. The van der Waals surface area contributed by atoms with Gasteiger partial charge in [-0.05, 0) is 60.2 Å². The third-order valence-electron chi connectivity index (χ3n) is 5.74. The second-order valence-corrected chi connectivity index (χ2v) is 11.0. The molecule has 5 aromatic rings. The molecule has 4 aromatic carbocycles. The van der Waals surface area contributed by atoms with E-state index < -0.39 is 11.9 Å². The van der Waals surface area contributed by atoms with E-state index in [4.69, 9.17) is 27.9 Å². The van der Waals surface area contributed by atoms with Crippen molar-refractivity contribution in [1.82, 2.24) is 10.4 Å². The van der Waals surface area contributed by atoms with Crippen molar-refractivity contribution in [2.45, 2.75) is 0 Å². The number of hydrogen-bond acceptors (Lipinski definition) is 4. The van der Waals surface area contributed by atoms with E-state index in [1.165, 1.54) is 6.21 Å². The normalized spacial score (nSPS) is 11.2. The van der Waals surface area contributed by atoms with Crippen molar-refractivity contribution in [1.29, 1.82) is 0 Å². The standard InChI is InChI=1S/C29H17Br2Cl2N3O3/c30-19-8-6-17(7-9-19)29(38)39-24-11-10-20(31)12-18(24)15-34-36-28(37)27-25(16-4-2-1-3-5-16)22-13-21(32)14-23(33)26(22)35-27/h1-15,35H,(H,36,37). The van der Waals surface area contributed by atoms with Gasteiger partial charge in [-0.25, -0.2) is 10.2 Å². The van der Waals surface area contributed by atoms with E-state index in [2.05, 4.69) is 47.4 Å². The fourth-order valence-corrected chi connectivity index (χ4v) is 5.15. The Balaban J connectivity index is 1.43. The van der Waals surface area contributed by atoms with Crippen LogP contribution >= 0.6 is 55.1 Å². The molecule has 0 aliphatic rings. The average Bonchev–Trinajstić information content (AvgIpc) is 3.31. The predicted octanol–water partition coefficient (Wildman–Crippen LogP) is 8.65. The minimum absolute atomic E-state index is 0.272. The number of aromatic nitrogens is 1. The molecule has 1 heterocycles. The highest BCUT2D eigenvalue weighted by Crippen LogP contribution is 2.37. The largest absolute Gasteiger partial charge is 0.422 e. The van der Waals surface area contributed by atoms with Crippen molar-refractivity contribution < 1.29 is 14.3 Å². The van der Waals surface area contributed by atoms with Crippen LogP contribution in [0.4, 0.5) is 0 Å². The van der Waals surface area contributed by atoms with Gasteiger partial charge in [-0.3, -0.25) is 4.79 Å². The Kier molecular flexibility index (Phi) is 8.18. The summed E-state index contributed by atoms with van der Waals surface area (Å²) in [4.78, 5) is 29.1. The van der Waals surface area contributed by atoms with Gasteiger partial charge in [0.15, 0.2) is 0 Å². The second kappa shape index (κ2) is 11.8. The molecule has 0 atom stereocenters. The summed E-state index contributed by atoms with van der Waals surface area (Å²) in [6.07, 6.45) is 1.40. The number of carbonyl (C=O) groups is 2. The third kappa shape index (κ3) is 6.09. The number of halogens is 4. The van der Waals surface area contributed by atoms with Crippen LogP contribution in [0.15, 0.2) is 99.0 Å². The molecule has 10 heteroatoms. The van der Waals surface area contributed by atoms with Gasteiger partial charge in [0.05, 0.1) is 22.3 Å². The number of amides is 1. The first-order valence-electron chi connectivity index (χ1n) is 11.5. The minimum Gasteiger partial charge on any atom is -0.422 e. The highest BCUT2D eigenvalue weighted by Gasteiger charge is 2.21.